The highest BCUT2D eigenvalue weighted by atomic mass is 35.5. The number of rotatable bonds is 4. The summed E-state index contributed by atoms with van der Waals surface area (Å²) in [5, 5.41) is 4.88. The van der Waals surface area contributed by atoms with E-state index >= 15 is 0 Å². The van der Waals surface area contributed by atoms with Crippen LogP contribution < -0.4 is 0 Å². The molecule has 0 saturated heterocycles. The third-order valence-corrected chi connectivity index (χ3v) is 2.74. The van der Waals surface area contributed by atoms with Gasteiger partial charge < -0.3 is 0 Å². The normalized spacial score (nSPS) is 10.3. The third-order valence-electron chi connectivity index (χ3n) is 2.24. The lowest BCUT2D eigenvalue weighted by atomic mass is 10.1. The van der Waals surface area contributed by atoms with Crippen LogP contribution >= 0.6 is 11.6 Å². The number of nitrogens with zero attached hydrogens (tertiary/aromatic N) is 2. The molecule has 0 atom stereocenters. The Balaban J connectivity index is 2.96. The van der Waals surface area contributed by atoms with Gasteiger partial charge in [-0.3, -0.25) is 9.48 Å². The lowest BCUT2D eigenvalue weighted by Gasteiger charge is -2.03. The van der Waals surface area contributed by atoms with Gasteiger partial charge in [-0.2, -0.15) is 5.10 Å². The summed E-state index contributed by atoms with van der Waals surface area (Å²) in [6.45, 7) is 8.37. The lowest BCUT2D eigenvalue weighted by Crippen LogP contribution is -2.08. The van der Waals surface area contributed by atoms with Crippen LogP contribution in [0.5, 0.6) is 0 Å². The molecule has 1 heterocycles. The van der Waals surface area contributed by atoms with Crippen LogP contribution in [0.1, 0.15) is 32.2 Å². The molecule has 0 fully saturated rings. The number of allylic oxidation sites excluding steroid dienone is 2. The van der Waals surface area contributed by atoms with Crippen molar-refractivity contribution >= 4 is 17.4 Å². The second-order valence-corrected chi connectivity index (χ2v) is 4.40. The molecule has 0 aromatic carbocycles. The Bertz CT molecular complexity index is 428. The zero-order chi connectivity index (χ0) is 12.3. The van der Waals surface area contributed by atoms with Gasteiger partial charge in [0.15, 0.2) is 5.78 Å². The molecule has 3 nitrogen and oxygen atoms in total. The molecular formula is C12H17ClN2O. The number of halogens is 1. The molecule has 0 unspecified atom stereocenters. The largest absolute Gasteiger partial charge is 0.294 e. The van der Waals surface area contributed by atoms with Crippen molar-refractivity contribution in [2.75, 3.05) is 0 Å². The van der Waals surface area contributed by atoms with Crippen molar-refractivity contribution in [2.45, 2.75) is 40.7 Å². The molecular weight excluding hydrogens is 224 g/mol. The minimum absolute atomic E-state index is 0.0662. The van der Waals surface area contributed by atoms with Crippen molar-refractivity contribution in [3.8, 4) is 0 Å². The van der Waals surface area contributed by atoms with Crippen LogP contribution in [-0.2, 0) is 17.8 Å². The molecule has 1 aromatic heterocycles. The van der Waals surface area contributed by atoms with Crippen molar-refractivity contribution in [3.05, 3.63) is 28.1 Å². The van der Waals surface area contributed by atoms with Crippen LogP contribution in [0.4, 0.5) is 0 Å². The highest BCUT2D eigenvalue weighted by Crippen LogP contribution is 2.21. The Morgan fingerprint density at radius 2 is 2.12 bits per heavy atom. The minimum Gasteiger partial charge on any atom is -0.294 e. The van der Waals surface area contributed by atoms with Gasteiger partial charge in [0.1, 0.15) is 0 Å². The topological polar surface area (TPSA) is 34.9 Å². The Labute approximate surface area is 101 Å². The first-order valence-electron chi connectivity index (χ1n) is 5.35. The van der Waals surface area contributed by atoms with Gasteiger partial charge in [-0.15, -0.1) is 0 Å². The highest BCUT2D eigenvalue weighted by Gasteiger charge is 2.14. The average molecular weight is 241 g/mol. The second-order valence-electron chi connectivity index (χ2n) is 4.03. The number of aryl methyl sites for hydroxylation is 2. The summed E-state index contributed by atoms with van der Waals surface area (Å²) in [4.78, 5) is 11.7. The molecule has 0 aliphatic carbocycles. The standard InChI is InChI=1S/C12H17ClN2O/c1-5-15-11(12(13)9(4)14-15)7-10(16)6-8(2)3/h6H,5,7H2,1-4H3. The smallest absolute Gasteiger partial charge is 0.161 e. The van der Waals surface area contributed by atoms with Crippen LogP contribution in [0.3, 0.4) is 0 Å². The van der Waals surface area contributed by atoms with Gasteiger partial charge in [-0.05, 0) is 33.8 Å². The maximum absolute atomic E-state index is 11.7. The van der Waals surface area contributed by atoms with Gasteiger partial charge in [-0.25, -0.2) is 0 Å². The molecule has 0 N–H and O–H groups in total. The summed E-state index contributed by atoms with van der Waals surface area (Å²) in [5.41, 5.74) is 2.59. The SMILES string of the molecule is CCn1nc(C)c(Cl)c1CC(=O)C=C(C)C. The fourth-order valence-corrected chi connectivity index (χ4v) is 1.78. The summed E-state index contributed by atoms with van der Waals surface area (Å²) in [7, 11) is 0. The fraction of sp³-hybridized carbons (Fsp3) is 0.500. The first kappa shape index (κ1) is 13.0. The predicted molar refractivity (Wildman–Crippen MR) is 65.8 cm³/mol. The van der Waals surface area contributed by atoms with Crippen LogP contribution in [0.2, 0.25) is 5.02 Å². The molecule has 0 saturated carbocycles. The molecule has 0 aliphatic rings. The summed E-state index contributed by atoms with van der Waals surface area (Å²) in [6, 6.07) is 0. The number of ketones is 1. The molecule has 0 amide bonds. The van der Waals surface area contributed by atoms with Gasteiger partial charge in [-0.1, -0.05) is 17.2 Å². The van der Waals surface area contributed by atoms with Crippen molar-refractivity contribution in [2.24, 2.45) is 0 Å². The van der Waals surface area contributed by atoms with Gasteiger partial charge in [0.25, 0.3) is 0 Å². The third kappa shape index (κ3) is 2.95. The molecule has 0 aliphatic heterocycles. The minimum atomic E-state index is 0.0662. The zero-order valence-electron chi connectivity index (χ0n) is 10.2. The zero-order valence-corrected chi connectivity index (χ0v) is 10.9. The fourth-order valence-electron chi connectivity index (χ4n) is 1.58. The van der Waals surface area contributed by atoms with Crippen molar-refractivity contribution < 1.29 is 4.79 Å². The summed E-state index contributed by atoms with van der Waals surface area (Å²) >= 11 is 6.12. The lowest BCUT2D eigenvalue weighted by molar-refractivity contribution is -0.114. The first-order valence-corrected chi connectivity index (χ1v) is 5.73. The van der Waals surface area contributed by atoms with Crippen molar-refractivity contribution in [1.29, 1.82) is 0 Å². The Morgan fingerprint density at radius 3 is 2.62 bits per heavy atom. The van der Waals surface area contributed by atoms with Crippen LogP contribution in [0.15, 0.2) is 11.6 Å². The van der Waals surface area contributed by atoms with E-state index in [1.807, 2.05) is 27.7 Å². The molecule has 0 bridgehead atoms. The monoisotopic (exact) mass is 240 g/mol. The van der Waals surface area contributed by atoms with Crippen molar-refractivity contribution in [1.82, 2.24) is 9.78 Å². The van der Waals surface area contributed by atoms with Crippen LogP contribution in [0.25, 0.3) is 0 Å². The van der Waals surface area contributed by atoms with E-state index < -0.39 is 0 Å². The summed E-state index contributed by atoms with van der Waals surface area (Å²) in [6.07, 6.45) is 1.96. The van der Waals surface area contributed by atoms with E-state index in [1.54, 1.807) is 10.8 Å². The maximum Gasteiger partial charge on any atom is 0.161 e. The summed E-state index contributed by atoms with van der Waals surface area (Å²) in [5.74, 6) is 0.0662. The van der Waals surface area contributed by atoms with E-state index in [9.17, 15) is 4.79 Å². The predicted octanol–water partition coefficient (Wildman–Crippen LogP) is 2.94. The van der Waals surface area contributed by atoms with E-state index in [0.29, 0.717) is 11.4 Å². The second kappa shape index (κ2) is 5.30. The number of carbonyl (C=O) groups excluding carboxylic acids is 1. The van der Waals surface area contributed by atoms with E-state index in [4.69, 9.17) is 11.6 Å². The molecule has 4 heteroatoms. The highest BCUT2D eigenvalue weighted by molar-refractivity contribution is 6.32. The number of aromatic nitrogens is 2. The van der Waals surface area contributed by atoms with E-state index in [-0.39, 0.29) is 5.78 Å². The Hall–Kier alpha value is -1.09. The molecule has 1 rings (SSSR count). The number of carbonyl (C=O) groups is 1. The van der Waals surface area contributed by atoms with Crippen molar-refractivity contribution in [3.63, 3.8) is 0 Å². The Kier molecular flexibility index (Phi) is 4.30. The average Bonchev–Trinajstić information content (AvgIpc) is 2.44. The van der Waals surface area contributed by atoms with E-state index in [2.05, 4.69) is 5.10 Å². The molecule has 0 spiro atoms. The molecule has 1 aromatic rings. The first-order chi connectivity index (χ1) is 7.45. The van der Waals surface area contributed by atoms with Crippen LogP contribution in [0, 0.1) is 6.92 Å². The summed E-state index contributed by atoms with van der Waals surface area (Å²) < 4.78 is 1.79. The quantitative estimate of drug-likeness (QED) is 0.759. The molecule has 88 valence electrons. The van der Waals surface area contributed by atoms with Gasteiger partial charge in [0.2, 0.25) is 0 Å². The Morgan fingerprint density at radius 1 is 1.50 bits per heavy atom. The van der Waals surface area contributed by atoms with Crippen LogP contribution in [-0.4, -0.2) is 15.6 Å². The molecule has 16 heavy (non-hydrogen) atoms. The van der Waals surface area contributed by atoms with Gasteiger partial charge >= 0.3 is 0 Å². The van der Waals surface area contributed by atoms with E-state index in [1.165, 1.54) is 0 Å². The van der Waals surface area contributed by atoms with Gasteiger partial charge in [0, 0.05) is 6.54 Å². The van der Waals surface area contributed by atoms with Gasteiger partial charge in [0.05, 0.1) is 22.8 Å². The maximum atomic E-state index is 11.7. The number of hydrogen-bond donors (Lipinski definition) is 0. The number of hydrogen-bond acceptors (Lipinski definition) is 2. The van der Waals surface area contributed by atoms with E-state index in [0.717, 1.165) is 23.5 Å². The molecule has 0 radical (unpaired) electrons.